The maximum Gasteiger partial charge on any atom is 0.106 e. The fraction of sp³-hybridized carbons (Fsp3) is 1.00. The van der Waals surface area contributed by atoms with E-state index in [1.54, 1.807) is 30.6 Å². The van der Waals surface area contributed by atoms with Crippen molar-refractivity contribution in [1.82, 2.24) is 15.1 Å². The zero-order chi connectivity index (χ0) is 11.6. The third-order valence-electron chi connectivity index (χ3n) is 2.67. The molecule has 0 spiro atoms. The summed E-state index contributed by atoms with van der Waals surface area (Å²) in [6, 6.07) is 0. The third-order valence-corrected chi connectivity index (χ3v) is 2.67. The van der Waals surface area contributed by atoms with Gasteiger partial charge in [0.25, 0.3) is 0 Å². The smallest absolute Gasteiger partial charge is 0.106 e. The van der Waals surface area contributed by atoms with Crippen LogP contribution in [-0.2, 0) is 0 Å². The van der Waals surface area contributed by atoms with Crippen LogP contribution < -0.4 is 5.32 Å². The van der Waals surface area contributed by atoms with E-state index in [0.29, 0.717) is 13.3 Å². The van der Waals surface area contributed by atoms with Crippen LogP contribution in [0.5, 0.6) is 0 Å². The highest BCUT2D eigenvalue weighted by molar-refractivity contribution is 4.80. The lowest BCUT2D eigenvalue weighted by Crippen LogP contribution is -2.66. The molecule has 15 heavy (non-hydrogen) atoms. The molecule has 1 heterocycles. The van der Waals surface area contributed by atoms with E-state index in [4.69, 9.17) is 0 Å². The minimum atomic E-state index is -0.668. The van der Waals surface area contributed by atoms with Crippen molar-refractivity contribution in [2.24, 2.45) is 0 Å². The number of aliphatic hydroxyl groups excluding tert-OH is 3. The van der Waals surface area contributed by atoms with Crippen molar-refractivity contribution in [2.45, 2.75) is 45.5 Å². The molecule has 1 aliphatic heterocycles. The number of aliphatic hydroxyl groups is 3. The summed E-state index contributed by atoms with van der Waals surface area (Å²) in [5.74, 6) is 0. The lowest BCUT2D eigenvalue weighted by molar-refractivity contribution is -0.146. The van der Waals surface area contributed by atoms with Gasteiger partial charge < -0.3 is 15.3 Å². The van der Waals surface area contributed by atoms with Crippen molar-refractivity contribution < 1.29 is 15.3 Å². The maximum atomic E-state index is 9.56. The van der Waals surface area contributed by atoms with E-state index >= 15 is 0 Å². The summed E-state index contributed by atoms with van der Waals surface area (Å²) in [6.07, 6.45) is -2.09. The second-order valence-electron chi connectivity index (χ2n) is 4.06. The molecule has 0 bridgehead atoms. The van der Waals surface area contributed by atoms with Crippen LogP contribution in [0.15, 0.2) is 0 Å². The molecule has 6 nitrogen and oxygen atoms in total. The van der Waals surface area contributed by atoms with Crippen LogP contribution >= 0.6 is 0 Å². The van der Waals surface area contributed by atoms with Gasteiger partial charge in [0, 0.05) is 0 Å². The normalized spacial score (nSPS) is 31.2. The molecule has 0 aromatic rings. The molecular weight excluding hydrogens is 198 g/mol. The van der Waals surface area contributed by atoms with Gasteiger partial charge in [0.05, 0.1) is 25.6 Å². The highest BCUT2D eigenvalue weighted by Crippen LogP contribution is 2.13. The number of hydrogen-bond donors (Lipinski definition) is 4. The van der Waals surface area contributed by atoms with E-state index in [1.165, 1.54) is 0 Å². The lowest BCUT2D eigenvalue weighted by Gasteiger charge is -2.45. The van der Waals surface area contributed by atoms with Gasteiger partial charge in [0.15, 0.2) is 0 Å². The first kappa shape index (κ1) is 12.8. The first-order chi connectivity index (χ1) is 6.93. The van der Waals surface area contributed by atoms with E-state index in [-0.39, 0.29) is 6.17 Å². The van der Waals surface area contributed by atoms with Crippen LogP contribution in [0.3, 0.4) is 0 Å². The van der Waals surface area contributed by atoms with Crippen molar-refractivity contribution in [3.05, 3.63) is 0 Å². The number of hydrogen-bond acceptors (Lipinski definition) is 6. The maximum absolute atomic E-state index is 9.56. The van der Waals surface area contributed by atoms with Crippen molar-refractivity contribution >= 4 is 0 Å². The van der Waals surface area contributed by atoms with Gasteiger partial charge in [-0.15, -0.1) is 0 Å². The van der Waals surface area contributed by atoms with Crippen LogP contribution in [0, 0.1) is 0 Å². The molecular formula is C9H21N3O3. The molecule has 0 amide bonds. The van der Waals surface area contributed by atoms with Crippen LogP contribution in [0.4, 0.5) is 0 Å². The SMILES string of the molecule is CC(O)C1NCN(C(C)O)CN1C(C)O. The van der Waals surface area contributed by atoms with Crippen LogP contribution in [-0.4, -0.2) is 63.2 Å². The van der Waals surface area contributed by atoms with Gasteiger partial charge in [-0.05, 0) is 20.8 Å². The minimum absolute atomic E-state index is 0.278. The number of rotatable bonds is 3. The second-order valence-corrected chi connectivity index (χ2v) is 4.06. The Morgan fingerprint density at radius 3 is 2.13 bits per heavy atom. The molecule has 4 atom stereocenters. The molecule has 0 aromatic heterocycles. The van der Waals surface area contributed by atoms with E-state index in [0.717, 1.165) is 0 Å². The first-order valence-electron chi connectivity index (χ1n) is 5.21. The monoisotopic (exact) mass is 219 g/mol. The van der Waals surface area contributed by atoms with E-state index in [2.05, 4.69) is 5.32 Å². The van der Waals surface area contributed by atoms with E-state index in [9.17, 15) is 15.3 Å². The summed E-state index contributed by atoms with van der Waals surface area (Å²) < 4.78 is 0. The fourth-order valence-corrected chi connectivity index (χ4v) is 1.72. The van der Waals surface area contributed by atoms with Crippen LogP contribution in [0.25, 0.3) is 0 Å². The molecule has 1 rings (SSSR count). The summed E-state index contributed by atoms with van der Waals surface area (Å²) >= 11 is 0. The Kier molecular flexibility index (Phi) is 4.45. The highest BCUT2D eigenvalue weighted by Gasteiger charge is 2.32. The topological polar surface area (TPSA) is 79.2 Å². The van der Waals surface area contributed by atoms with Crippen LogP contribution in [0.1, 0.15) is 20.8 Å². The zero-order valence-corrected chi connectivity index (χ0v) is 9.46. The van der Waals surface area contributed by atoms with Crippen molar-refractivity contribution in [3.8, 4) is 0 Å². The summed E-state index contributed by atoms with van der Waals surface area (Å²) in [7, 11) is 0. The van der Waals surface area contributed by atoms with Gasteiger partial charge >= 0.3 is 0 Å². The van der Waals surface area contributed by atoms with Crippen molar-refractivity contribution in [3.63, 3.8) is 0 Å². The largest absolute Gasteiger partial charge is 0.390 e. The summed E-state index contributed by atoms with van der Waals surface area (Å²) in [5.41, 5.74) is 0. The molecule has 0 saturated carbocycles. The standard InChI is InChI=1S/C9H21N3O3/c1-6(13)9-10-4-11(7(2)14)5-12(9)8(3)15/h6-10,13-15H,4-5H2,1-3H3. The molecule has 0 aliphatic carbocycles. The molecule has 0 aromatic carbocycles. The van der Waals surface area contributed by atoms with Crippen molar-refractivity contribution in [2.75, 3.05) is 13.3 Å². The minimum Gasteiger partial charge on any atom is -0.390 e. The summed E-state index contributed by atoms with van der Waals surface area (Å²) in [6.45, 7) is 5.91. The predicted octanol–water partition coefficient (Wildman–Crippen LogP) is -1.51. The Morgan fingerprint density at radius 2 is 1.73 bits per heavy atom. The highest BCUT2D eigenvalue weighted by atomic mass is 16.3. The number of nitrogens with zero attached hydrogens (tertiary/aromatic N) is 2. The Bertz CT molecular complexity index is 199. The van der Waals surface area contributed by atoms with E-state index in [1.807, 2.05) is 0 Å². The second kappa shape index (κ2) is 5.20. The summed E-state index contributed by atoms with van der Waals surface area (Å²) in [5, 5.41) is 31.6. The molecule has 1 fully saturated rings. The van der Waals surface area contributed by atoms with Gasteiger partial charge in [-0.3, -0.25) is 10.2 Å². The molecule has 4 unspecified atom stereocenters. The average Bonchev–Trinajstić information content (AvgIpc) is 2.16. The average molecular weight is 219 g/mol. The van der Waals surface area contributed by atoms with Crippen LogP contribution in [0.2, 0.25) is 0 Å². The quantitative estimate of drug-likeness (QED) is 0.462. The lowest BCUT2D eigenvalue weighted by atomic mass is 10.2. The molecule has 6 heteroatoms. The molecule has 0 radical (unpaired) electrons. The molecule has 1 saturated heterocycles. The fourth-order valence-electron chi connectivity index (χ4n) is 1.72. The molecule has 90 valence electrons. The predicted molar refractivity (Wildman–Crippen MR) is 55.4 cm³/mol. The first-order valence-corrected chi connectivity index (χ1v) is 5.21. The Hall–Kier alpha value is -0.240. The van der Waals surface area contributed by atoms with Crippen molar-refractivity contribution in [1.29, 1.82) is 0 Å². The molecule has 1 aliphatic rings. The summed E-state index contributed by atoms with van der Waals surface area (Å²) in [4.78, 5) is 3.45. The van der Waals surface area contributed by atoms with Gasteiger partial charge in [-0.1, -0.05) is 0 Å². The zero-order valence-electron chi connectivity index (χ0n) is 9.46. The Morgan fingerprint density at radius 1 is 1.13 bits per heavy atom. The van der Waals surface area contributed by atoms with Gasteiger partial charge in [-0.25, -0.2) is 4.90 Å². The molecule has 4 N–H and O–H groups in total. The van der Waals surface area contributed by atoms with Gasteiger partial charge in [-0.2, -0.15) is 0 Å². The van der Waals surface area contributed by atoms with Gasteiger partial charge in [0.2, 0.25) is 0 Å². The Labute approximate surface area is 90.1 Å². The van der Waals surface area contributed by atoms with Gasteiger partial charge in [0.1, 0.15) is 12.5 Å². The Balaban J connectivity index is 2.65. The third kappa shape index (κ3) is 3.10. The number of nitrogens with one attached hydrogen (secondary N) is 1. The van der Waals surface area contributed by atoms with E-state index < -0.39 is 18.6 Å².